The predicted octanol–water partition coefficient (Wildman–Crippen LogP) is 2.38. The van der Waals surface area contributed by atoms with Crippen molar-refractivity contribution in [2.75, 3.05) is 5.75 Å². The van der Waals surface area contributed by atoms with Crippen molar-refractivity contribution in [3.63, 3.8) is 0 Å². The number of hydrogen-bond donors (Lipinski definition) is 0. The molecule has 0 aromatic carbocycles. The zero-order chi connectivity index (χ0) is 12.1. The molecule has 0 aliphatic heterocycles. The Morgan fingerprint density at radius 1 is 1.47 bits per heavy atom. The van der Waals surface area contributed by atoms with Crippen LogP contribution in [0.15, 0.2) is 27.5 Å². The van der Waals surface area contributed by atoms with Gasteiger partial charge < -0.3 is 8.94 Å². The van der Waals surface area contributed by atoms with Crippen LogP contribution in [0.25, 0.3) is 11.4 Å². The maximum atomic E-state index is 11.6. The number of nitrogens with zero attached hydrogens (tertiary/aromatic N) is 2. The summed E-state index contributed by atoms with van der Waals surface area (Å²) in [6.45, 7) is 2.07. The number of hydrogen-bond acceptors (Lipinski definition) is 5. The summed E-state index contributed by atoms with van der Waals surface area (Å²) in [5, 5.41) is 3.81. The molecule has 0 aliphatic carbocycles. The molecule has 0 N–H and O–H groups in total. The van der Waals surface area contributed by atoms with E-state index in [1.165, 1.54) is 0 Å². The van der Waals surface area contributed by atoms with E-state index in [1.54, 1.807) is 18.6 Å². The molecule has 92 valence electrons. The van der Waals surface area contributed by atoms with Crippen LogP contribution in [0.2, 0.25) is 0 Å². The van der Waals surface area contributed by atoms with E-state index in [-0.39, 0.29) is 0 Å². The monoisotopic (exact) mass is 254 g/mol. The first-order valence-electron chi connectivity index (χ1n) is 5.49. The number of aromatic nitrogens is 2. The van der Waals surface area contributed by atoms with E-state index in [2.05, 4.69) is 17.1 Å². The molecule has 1 atom stereocenters. The Hall–Kier alpha value is -1.43. The molecular weight excluding hydrogens is 240 g/mol. The normalized spacial score (nSPS) is 12.8. The maximum absolute atomic E-state index is 11.6. The van der Waals surface area contributed by atoms with E-state index in [0.29, 0.717) is 23.2 Å². The summed E-state index contributed by atoms with van der Waals surface area (Å²) in [6, 6.07) is 1.75. The molecule has 0 aliphatic rings. The highest BCUT2D eigenvalue weighted by Crippen LogP contribution is 2.16. The van der Waals surface area contributed by atoms with Crippen molar-refractivity contribution in [2.24, 2.45) is 0 Å². The van der Waals surface area contributed by atoms with Crippen LogP contribution < -0.4 is 0 Å². The zero-order valence-electron chi connectivity index (χ0n) is 9.59. The van der Waals surface area contributed by atoms with Gasteiger partial charge in [-0.3, -0.25) is 4.21 Å². The first-order valence-corrected chi connectivity index (χ1v) is 6.98. The number of unbranched alkanes of at least 4 members (excludes halogenated alkanes) is 1. The molecule has 0 bridgehead atoms. The fourth-order valence-electron chi connectivity index (χ4n) is 1.34. The van der Waals surface area contributed by atoms with Gasteiger partial charge in [0.15, 0.2) is 0 Å². The smallest absolute Gasteiger partial charge is 0.239 e. The molecule has 1 unspecified atom stereocenters. The molecule has 5 nitrogen and oxygen atoms in total. The summed E-state index contributed by atoms with van der Waals surface area (Å²) in [5.74, 6) is 1.89. The van der Waals surface area contributed by atoms with Crippen molar-refractivity contribution >= 4 is 10.8 Å². The van der Waals surface area contributed by atoms with Gasteiger partial charge in [0.05, 0.1) is 11.8 Å². The minimum absolute atomic E-state index is 0.324. The van der Waals surface area contributed by atoms with E-state index in [1.807, 2.05) is 0 Å². The van der Waals surface area contributed by atoms with Crippen LogP contribution in [0, 0.1) is 0 Å². The lowest BCUT2D eigenvalue weighted by Gasteiger charge is -1.95. The Labute approximate surface area is 102 Å². The van der Waals surface area contributed by atoms with E-state index in [4.69, 9.17) is 8.94 Å². The summed E-state index contributed by atoms with van der Waals surface area (Å²) < 4.78 is 21.6. The Morgan fingerprint density at radius 3 is 3.06 bits per heavy atom. The topological polar surface area (TPSA) is 69.1 Å². The van der Waals surface area contributed by atoms with Crippen molar-refractivity contribution in [3.05, 3.63) is 24.5 Å². The minimum atomic E-state index is -0.924. The molecule has 2 heterocycles. The molecule has 2 aromatic heterocycles. The third-order valence-corrected chi connectivity index (χ3v) is 3.57. The first kappa shape index (κ1) is 12.0. The molecule has 0 amide bonds. The van der Waals surface area contributed by atoms with Crippen molar-refractivity contribution in [3.8, 4) is 11.4 Å². The van der Waals surface area contributed by atoms with Crippen LogP contribution in [0.3, 0.4) is 0 Å². The van der Waals surface area contributed by atoms with Crippen molar-refractivity contribution < 1.29 is 13.1 Å². The van der Waals surface area contributed by atoms with Gasteiger partial charge in [-0.05, 0) is 12.5 Å². The Balaban J connectivity index is 1.97. The van der Waals surface area contributed by atoms with Crippen LogP contribution in [0.4, 0.5) is 0 Å². The summed E-state index contributed by atoms with van der Waals surface area (Å²) in [4.78, 5) is 4.17. The van der Waals surface area contributed by atoms with E-state index in [9.17, 15) is 4.21 Å². The van der Waals surface area contributed by atoms with E-state index < -0.39 is 10.8 Å². The maximum Gasteiger partial charge on any atom is 0.239 e. The average molecular weight is 254 g/mol. The van der Waals surface area contributed by atoms with Gasteiger partial charge in [-0.25, -0.2) is 0 Å². The van der Waals surface area contributed by atoms with Gasteiger partial charge in [0.2, 0.25) is 11.7 Å². The van der Waals surface area contributed by atoms with Crippen LogP contribution >= 0.6 is 0 Å². The molecular formula is C11H14N2O3S. The van der Waals surface area contributed by atoms with Gasteiger partial charge in [0, 0.05) is 16.6 Å². The highest BCUT2D eigenvalue weighted by molar-refractivity contribution is 7.84. The van der Waals surface area contributed by atoms with Crippen molar-refractivity contribution in [1.29, 1.82) is 0 Å². The molecule has 0 saturated heterocycles. The quantitative estimate of drug-likeness (QED) is 0.791. The van der Waals surface area contributed by atoms with Gasteiger partial charge in [0.25, 0.3) is 0 Å². The second-order valence-corrected chi connectivity index (χ2v) is 5.24. The number of rotatable bonds is 6. The van der Waals surface area contributed by atoms with Crippen molar-refractivity contribution in [1.82, 2.24) is 10.1 Å². The van der Waals surface area contributed by atoms with Crippen molar-refractivity contribution in [2.45, 2.75) is 25.5 Å². The molecule has 2 aromatic rings. The lowest BCUT2D eigenvalue weighted by molar-refractivity contribution is 0.390. The summed E-state index contributed by atoms with van der Waals surface area (Å²) >= 11 is 0. The lowest BCUT2D eigenvalue weighted by Crippen LogP contribution is -2.00. The van der Waals surface area contributed by atoms with Gasteiger partial charge in [-0.15, -0.1) is 0 Å². The summed E-state index contributed by atoms with van der Waals surface area (Å²) in [5.41, 5.74) is 0.763. The third-order valence-electron chi connectivity index (χ3n) is 2.26. The fourth-order valence-corrected chi connectivity index (χ4v) is 2.49. The molecule has 0 fully saturated rings. The largest absolute Gasteiger partial charge is 0.472 e. The molecule has 17 heavy (non-hydrogen) atoms. The predicted molar refractivity (Wildman–Crippen MR) is 63.6 cm³/mol. The number of furan rings is 1. The average Bonchev–Trinajstić information content (AvgIpc) is 2.95. The Kier molecular flexibility index (Phi) is 4.08. The van der Waals surface area contributed by atoms with Crippen LogP contribution in [-0.2, 0) is 16.6 Å². The third kappa shape index (κ3) is 3.26. The van der Waals surface area contributed by atoms with Crippen LogP contribution in [0.5, 0.6) is 0 Å². The SMILES string of the molecule is CCCCS(=O)Cc1nc(-c2ccoc2)no1. The van der Waals surface area contributed by atoms with Crippen LogP contribution in [-0.4, -0.2) is 20.1 Å². The Morgan fingerprint density at radius 2 is 2.35 bits per heavy atom. The minimum Gasteiger partial charge on any atom is -0.472 e. The van der Waals surface area contributed by atoms with E-state index >= 15 is 0 Å². The highest BCUT2D eigenvalue weighted by Gasteiger charge is 2.11. The lowest BCUT2D eigenvalue weighted by atomic mass is 10.3. The van der Waals surface area contributed by atoms with E-state index in [0.717, 1.165) is 18.4 Å². The molecule has 0 spiro atoms. The zero-order valence-corrected chi connectivity index (χ0v) is 10.4. The Bertz CT molecular complexity index is 479. The highest BCUT2D eigenvalue weighted by atomic mass is 32.2. The van der Waals surface area contributed by atoms with Gasteiger partial charge >= 0.3 is 0 Å². The van der Waals surface area contributed by atoms with Crippen LogP contribution in [0.1, 0.15) is 25.7 Å². The second-order valence-electron chi connectivity index (χ2n) is 3.67. The summed E-state index contributed by atoms with van der Waals surface area (Å²) in [7, 11) is -0.924. The molecule has 0 saturated carbocycles. The van der Waals surface area contributed by atoms with Gasteiger partial charge in [-0.1, -0.05) is 18.5 Å². The molecule has 2 rings (SSSR count). The fraction of sp³-hybridized carbons (Fsp3) is 0.455. The molecule has 6 heteroatoms. The standard InChI is InChI=1S/C11H14N2O3S/c1-2-3-6-17(14)8-10-12-11(13-16-10)9-4-5-15-7-9/h4-5,7H,2-3,6,8H2,1H3. The molecule has 0 radical (unpaired) electrons. The second kappa shape index (κ2) is 5.77. The first-order chi connectivity index (χ1) is 8.29. The van der Waals surface area contributed by atoms with Gasteiger partial charge in [-0.2, -0.15) is 4.98 Å². The van der Waals surface area contributed by atoms with Gasteiger partial charge in [0.1, 0.15) is 12.0 Å². The summed E-state index contributed by atoms with van der Waals surface area (Å²) in [6.07, 6.45) is 5.08.